The summed E-state index contributed by atoms with van der Waals surface area (Å²) in [6.45, 7) is 6.03. The molecule has 0 aromatic heterocycles. The first-order valence-corrected chi connectivity index (χ1v) is 6.38. The predicted molar refractivity (Wildman–Crippen MR) is 60.5 cm³/mol. The Bertz CT molecular complexity index is 162. The Kier molecular flexibility index (Phi) is 3.82. The van der Waals surface area contributed by atoms with E-state index in [-0.39, 0.29) is 0 Å². The summed E-state index contributed by atoms with van der Waals surface area (Å²) in [5.41, 5.74) is 0. The molecular formula is C12H24N2. The molecule has 2 rings (SSSR count). The molecule has 14 heavy (non-hydrogen) atoms. The molecule has 1 saturated carbocycles. The summed E-state index contributed by atoms with van der Waals surface area (Å²) < 4.78 is 0. The molecule has 0 aromatic rings. The minimum Gasteiger partial charge on any atom is -0.314 e. The Balaban J connectivity index is 1.91. The van der Waals surface area contributed by atoms with E-state index in [4.69, 9.17) is 0 Å². The lowest BCUT2D eigenvalue weighted by molar-refractivity contribution is 0.102. The molecule has 0 unspecified atom stereocenters. The van der Waals surface area contributed by atoms with E-state index >= 15 is 0 Å². The molecule has 2 fully saturated rings. The zero-order valence-corrected chi connectivity index (χ0v) is 9.47. The average Bonchev–Trinajstić information content (AvgIpc) is 2.72. The van der Waals surface area contributed by atoms with Gasteiger partial charge in [-0.1, -0.05) is 26.2 Å². The first-order chi connectivity index (χ1) is 6.92. The summed E-state index contributed by atoms with van der Waals surface area (Å²) in [6.07, 6.45) is 8.56. The van der Waals surface area contributed by atoms with Crippen molar-refractivity contribution in [2.24, 2.45) is 0 Å². The van der Waals surface area contributed by atoms with Crippen LogP contribution in [0.15, 0.2) is 0 Å². The first kappa shape index (κ1) is 10.4. The van der Waals surface area contributed by atoms with Crippen LogP contribution in [0.5, 0.6) is 0 Å². The van der Waals surface area contributed by atoms with Gasteiger partial charge in [-0.3, -0.25) is 4.90 Å². The topological polar surface area (TPSA) is 15.3 Å². The van der Waals surface area contributed by atoms with E-state index in [0.29, 0.717) is 0 Å². The van der Waals surface area contributed by atoms with E-state index in [9.17, 15) is 0 Å². The van der Waals surface area contributed by atoms with Gasteiger partial charge >= 0.3 is 0 Å². The molecule has 2 aliphatic rings. The fourth-order valence-electron chi connectivity index (χ4n) is 3.09. The van der Waals surface area contributed by atoms with E-state index in [2.05, 4.69) is 17.1 Å². The third-order valence-corrected chi connectivity index (χ3v) is 3.81. The molecular weight excluding hydrogens is 172 g/mol. The molecule has 0 aromatic carbocycles. The van der Waals surface area contributed by atoms with Crippen LogP contribution in [0.3, 0.4) is 0 Å². The molecule has 0 radical (unpaired) electrons. The van der Waals surface area contributed by atoms with Crippen LogP contribution in [0, 0.1) is 0 Å². The zero-order valence-electron chi connectivity index (χ0n) is 9.47. The van der Waals surface area contributed by atoms with Crippen LogP contribution in [-0.2, 0) is 0 Å². The van der Waals surface area contributed by atoms with Crippen LogP contribution >= 0.6 is 0 Å². The van der Waals surface area contributed by atoms with Gasteiger partial charge < -0.3 is 5.32 Å². The van der Waals surface area contributed by atoms with Crippen molar-refractivity contribution in [1.82, 2.24) is 10.2 Å². The summed E-state index contributed by atoms with van der Waals surface area (Å²) in [7, 11) is 0. The van der Waals surface area contributed by atoms with Crippen molar-refractivity contribution in [2.75, 3.05) is 19.6 Å². The maximum Gasteiger partial charge on any atom is 0.0224 e. The summed E-state index contributed by atoms with van der Waals surface area (Å²) in [6, 6.07) is 1.76. The SMILES string of the molecule is CCC[C@@H]1CNCCN1C1CCCC1. The van der Waals surface area contributed by atoms with Crippen LogP contribution in [0.4, 0.5) is 0 Å². The Morgan fingerprint density at radius 2 is 2.07 bits per heavy atom. The maximum atomic E-state index is 3.53. The summed E-state index contributed by atoms with van der Waals surface area (Å²) >= 11 is 0. The highest BCUT2D eigenvalue weighted by atomic mass is 15.2. The highest BCUT2D eigenvalue weighted by Crippen LogP contribution is 2.26. The van der Waals surface area contributed by atoms with Gasteiger partial charge in [-0.25, -0.2) is 0 Å². The highest BCUT2D eigenvalue weighted by molar-refractivity contribution is 4.87. The molecule has 1 aliphatic heterocycles. The maximum absolute atomic E-state index is 3.53. The number of piperazine rings is 1. The Morgan fingerprint density at radius 1 is 1.29 bits per heavy atom. The van der Waals surface area contributed by atoms with Crippen molar-refractivity contribution in [3.05, 3.63) is 0 Å². The lowest BCUT2D eigenvalue weighted by Gasteiger charge is -2.40. The summed E-state index contributed by atoms with van der Waals surface area (Å²) in [4.78, 5) is 2.80. The van der Waals surface area contributed by atoms with Gasteiger partial charge in [0, 0.05) is 31.7 Å². The van der Waals surface area contributed by atoms with Crippen LogP contribution < -0.4 is 5.32 Å². The fourth-order valence-corrected chi connectivity index (χ4v) is 3.09. The zero-order chi connectivity index (χ0) is 9.80. The van der Waals surface area contributed by atoms with Crippen molar-refractivity contribution in [2.45, 2.75) is 57.5 Å². The van der Waals surface area contributed by atoms with Gasteiger partial charge in [0.15, 0.2) is 0 Å². The van der Waals surface area contributed by atoms with Crippen molar-refractivity contribution in [3.8, 4) is 0 Å². The third-order valence-electron chi connectivity index (χ3n) is 3.81. The Labute approximate surface area is 88.1 Å². The molecule has 1 aliphatic carbocycles. The average molecular weight is 196 g/mol. The molecule has 2 heteroatoms. The highest BCUT2D eigenvalue weighted by Gasteiger charge is 2.29. The van der Waals surface area contributed by atoms with Gasteiger partial charge in [0.25, 0.3) is 0 Å². The minimum atomic E-state index is 0.830. The van der Waals surface area contributed by atoms with Crippen LogP contribution in [0.1, 0.15) is 45.4 Å². The van der Waals surface area contributed by atoms with E-state index in [1.165, 1.54) is 58.2 Å². The molecule has 1 atom stereocenters. The Morgan fingerprint density at radius 3 is 2.79 bits per heavy atom. The summed E-state index contributed by atoms with van der Waals surface area (Å²) in [5.74, 6) is 0. The van der Waals surface area contributed by atoms with E-state index in [1.807, 2.05) is 0 Å². The number of nitrogens with zero attached hydrogens (tertiary/aromatic N) is 1. The summed E-state index contributed by atoms with van der Waals surface area (Å²) in [5, 5.41) is 3.53. The first-order valence-electron chi connectivity index (χ1n) is 6.38. The smallest absolute Gasteiger partial charge is 0.0224 e. The second kappa shape index (κ2) is 5.13. The van der Waals surface area contributed by atoms with Crippen LogP contribution in [0.25, 0.3) is 0 Å². The van der Waals surface area contributed by atoms with Gasteiger partial charge in [-0.2, -0.15) is 0 Å². The van der Waals surface area contributed by atoms with Crippen LogP contribution in [0.2, 0.25) is 0 Å². The molecule has 1 heterocycles. The molecule has 2 nitrogen and oxygen atoms in total. The monoisotopic (exact) mass is 196 g/mol. The molecule has 0 spiro atoms. The van der Waals surface area contributed by atoms with E-state index < -0.39 is 0 Å². The molecule has 82 valence electrons. The van der Waals surface area contributed by atoms with Gasteiger partial charge in [0.2, 0.25) is 0 Å². The standard InChI is InChI=1S/C12H24N2/c1-2-5-12-10-13-8-9-14(12)11-6-3-4-7-11/h11-13H,2-10H2,1H3/t12-/m1/s1. The molecule has 0 amide bonds. The minimum absolute atomic E-state index is 0.830. The normalized spacial score (nSPS) is 31.1. The lowest BCUT2D eigenvalue weighted by Crippen LogP contribution is -2.54. The number of nitrogens with one attached hydrogen (secondary N) is 1. The van der Waals surface area contributed by atoms with Crippen molar-refractivity contribution >= 4 is 0 Å². The van der Waals surface area contributed by atoms with E-state index in [1.54, 1.807) is 0 Å². The third kappa shape index (κ3) is 2.29. The van der Waals surface area contributed by atoms with Gasteiger partial charge in [0.05, 0.1) is 0 Å². The van der Waals surface area contributed by atoms with Crippen molar-refractivity contribution in [1.29, 1.82) is 0 Å². The molecule has 1 N–H and O–H groups in total. The second-order valence-corrected chi connectivity index (χ2v) is 4.82. The second-order valence-electron chi connectivity index (χ2n) is 4.82. The Hall–Kier alpha value is -0.0800. The quantitative estimate of drug-likeness (QED) is 0.743. The lowest BCUT2D eigenvalue weighted by atomic mass is 10.0. The van der Waals surface area contributed by atoms with Gasteiger partial charge in [-0.05, 0) is 19.3 Å². The predicted octanol–water partition coefficient (Wildman–Crippen LogP) is 2.00. The fraction of sp³-hybridized carbons (Fsp3) is 1.00. The van der Waals surface area contributed by atoms with Crippen LogP contribution in [-0.4, -0.2) is 36.6 Å². The number of hydrogen-bond acceptors (Lipinski definition) is 2. The van der Waals surface area contributed by atoms with Gasteiger partial charge in [0.1, 0.15) is 0 Å². The number of rotatable bonds is 3. The van der Waals surface area contributed by atoms with Gasteiger partial charge in [-0.15, -0.1) is 0 Å². The molecule has 0 bridgehead atoms. The number of hydrogen-bond donors (Lipinski definition) is 1. The largest absolute Gasteiger partial charge is 0.314 e. The van der Waals surface area contributed by atoms with Crippen molar-refractivity contribution < 1.29 is 0 Å². The van der Waals surface area contributed by atoms with Crippen molar-refractivity contribution in [3.63, 3.8) is 0 Å². The van der Waals surface area contributed by atoms with E-state index in [0.717, 1.165) is 12.1 Å². The molecule has 1 saturated heterocycles.